The quantitative estimate of drug-likeness (QED) is 0.306. The van der Waals surface area contributed by atoms with Crippen molar-refractivity contribution in [2.45, 2.75) is 36.6 Å². The van der Waals surface area contributed by atoms with E-state index in [1.165, 1.54) is 11.3 Å². The number of piperidine rings is 1. The molecule has 1 aromatic heterocycles. The first-order valence-electron chi connectivity index (χ1n) is 9.69. The molecule has 0 saturated carbocycles. The lowest BCUT2D eigenvalue weighted by Crippen LogP contribution is -2.36. The van der Waals surface area contributed by atoms with Gasteiger partial charge in [-0.3, -0.25) is 4.99 Å². The molecule has 2 N–H and O–H groups in total. The van der Waals surface area contributed by atoms with E-state index in [2.05, 4.69) is 15.6 Å². The van der Waals surface area contributed by atoms with Crippen LogP contribution in [0.1, 0.15) is 29.7 Å². The molecule has 2 heterocycles. The standard InChI is InChI=1S/C20H28N4O3S2.HI/c1-21-20(22-14-16-6-8-17(27-2)9-7-16)23-15-18-10-11-19(28-18)29(25,26)24-12-4-3-5-13-24;/h6-11H,3-5,12-15H2,1-2H3,(H2,21,22,23);1H. The topological polar surface area (TPSA) is 83.0 Å². The average molecular weight is 565 g/mol. The second-order valence-electron chi connectivity index (χ2n) is 6.81. The zero-order chi connectivity index (χ0) is 20.7. The van der Waals surface area contributed by atoms with Crippen LogP contribution < -0.4 is 15.4 Å². The lowest BCUT2D eigenvalue weighted by atomic mass is 10.2. The van der Waals surface area contributed by atoms with Crippen LogP contribution in [0.2, 0.25) is 0 Å². The van der Waals surface area contributed by atoms with Gasteiger partial charge in [0, 0.05) is 31.6 Å². The maximum absolute atomic E-state index is 12.8. The molecule has 3 rings (SSSR count). The summed E-state index contributed by atoms with van der Waals surface area (Å²) in [4.78, 5) is 5.18. The van der Waals surface area contributed by atoms with Crippen molar-refractivity contribution >= 4 is 51.3 Å². The van der Waals surface area contributed by atoms with Gasteiger partial charge in [0.25, 0.3) is 10.0 Å². The van der Waals surface area contributed by atoms with Crippen molar-refractivity contribution in [1.82, 2.24) is 14.9 Å². The predicted octanol–water partition coefficient (Wildman–Crippen LogP) is 3.41. The first-order chi connectivity index (χ1) is 14.0. The van der Waals surface area contributed by atoms with Gasteiger partial charge in [-0.1, -0.05) is 18.6 Å². The van der Waals surface area contributed by atoms with Crippen LogP contribution in [0, 0.1) is 0 Å². The van der Waals surface area contributed by atoms with Crippen LogP contribution in [-0.4, -0.2) is 45.9 Å². The number of rotatable bonds is 7. The molecule has 1 aromatic carbocycles. The Morgan fingerprint density at radius 3 is 2.37 bits per heavy atom. The van der Waals surface area contributed by atoms with Crippen LogP contribution in [-0.2, 0) is 23.1 Å². The highest BCUT2D eigenvalue weighted by atomic mass is 127. The molecule has 1 saturated heterocycles. The van der Waals surface area contributed by atoms with Gasteiger partial charge in [0.1, 0.15) is 9.96 Å². The SMILES string of the molecule is CN=C(NCc1ccc(OC)cc1)NCc1ccc(S(=O)(=O)N2CCCCC2)s1.I. The Morgan fingerprint density at radius 2 is 1.73 bits per heavy atom. The first-order valence-corrected chi connectivity index (χ1v) is 11.9. The molecule has 30 heavy (non-hydrogen) atoms. The minimum atomic E-state index is -3.37. The number of thiophene rings is 1. The highest BCUT2D eigenvalue weighted by Gasteiger charge is 2.27. The number of nitrogens with one attached hydrogen (secondary N) is 2. The molecule has 7 nitrogen and oxygen atoms in total. The number of hydrogen-bond acceptors (Lipinski definition) is 5. The summed E-state index contributed by atoms with van der Waals surface area (Å²) in [6.07, 6.45) is 2.98. The zero-order valence-electron chi connectivity index (χ0n) is 17.3. The number of aliphatic imine (C=N–C) groups is 1. The summed E-state index contributed by atoms with van der Waals surface area (Å²) in [5, 5.41) is 6.50. The van der Waals surface area contributed by atoms with E-state index >= 15 is 0 Å². The van der Waals surface area contributed by atoms with Crippen molar-refractivity contribution in [3.63, 3.8) is 0 Å². The average Bonchev–Trinajstić information content (AvgIpc) is 3.25. The lowest BCUT2D eigenvalue weighted by Gasteiger charge is -2.25. The molecule has 1 aliphatic heterocycles. The zero-order valence-corrected chi connectivity index (χ0v) is 21.2. The van der Waals surface area contributed by atoms with Crippen molar-refractivity contribution in [3.05, 3.63) is 46.8 Å². The number of benzene rings is 1. The third-order valence-electron chi connectivity index (χ3n) is 4.82. The Balaban J connectivity index is 0.00000320. The molecule has 0 radical (unpaired) electrons. The molecule has 0 amide bonds. The summed E-state index contributed by atoms with van der Waals surface area (Å²) in [5.74, 6) is 1.49. The fraction of sp³-hybridized carbons (Fsp3) is 0.450. The molecule has 10 heteroatoms. The largest absolute Gasteiger partial charge is 0.497 e. The van der Waals surface area contributed by atoms with Gasteiger partial charge in [-0.15, -0.1) is 35.3 Å². The number of halogens is 1. The van der Waals surface area contributed by atoms with E-state index in [1.54, 1.807) is 24.5 Å². The van der Waals surface area contributed by atoms with E-state index < -0.39 is 10.0 Å². The molecule has 1 aliphatic rings. The molecule has 0 atom stereocenters. The summed E-state index contributed by atoms with van der Waals surface area (Å²) >= 11 is 1.32. The normalized spacial score (nSPS) is 15.3. The summed E-state index contributed by atoms with van der Waals surface area (Å²) in [6, 6.07) is 11.4. The van der Waals surface area contributed by atoms with Crippen molar-refractivity contribution in [1.29, 1.82) is 0 Å². The lowest BCUT2D eigenvalue weighted by molar-refractivity contribution is 0.347. The minimum absolute atomic E-state index is 0. The van der Waals surface area contributed by atoms with Crippen molar-refractivity contribution in [2.75, 3.05) is 27.2 Å². The number of hydrogen-bond donors (Lipinski definition) is 2. The molecular weight excluding hydrogens is 535 g/mol. The Morgan fingerprint density at radius 1 is 1.07 bits per heavy atom. The van der Waals surface area contributed by atoms with Gasteiger partial charge in [0.15, 0.2) is 5.96 Å². The van der Waals surface area contributed by atoms with Gasteiger partial charge >= 0.3 is 0 Å². The fourth-order valence-corrected chi connectivity index (χ4v) is 6.11. The molecule has 166 valence electrons. The van der Waals surface area contributed by atoms with Crippen LogP contribution in [0.15, 0.2) is 45.6 Å². The maximum Gasteiger partial charge on any atom is 0.252 e. The van der Waals surface area contributed by atoms with Crippen LogP contribution in [0.25, 0.3) is 0 Å². The molecule has 0 unspecified atom stereocenters. The van der Waals surface area contributed by atoms with Gasteiger partial charge in [0.05, 0.1) is 13.7 Å². The van der Waals surface area contributed by atoms with E-state index in [0.717, 1.165) is 35.5 Å². The molecular formula is C20H29IN4O3S2. The second kappa shape index (κ2) is 11.9. The highest BCUT2D eigenvalue weighted by Crippen LogP contribution is 2.27. The second-order valence-corrected chi connectivity index (χ2v) is 10.1. The third-order valence-corrected chi connectivity index (χ3v) is 8.27. The summed E-state index contributed by atoms with van der Waals surface area (Å²) in [6.45, 7) is 2.39. The number of sulfonamides is 1. The van der Waals surface area contributed by atoms with Crippen LogP contribution >= 0.6 is 35.3 Å². The Hall–Kier alpha value is -1.37. The Bertz CT molecular complexity index is 924. The summed E-state index contributed by atoms with van der Waals surface area (Å²) < 4.78 is 32.7. The maximum atomic E-state index is 12.8. The van der Waals surface area contributed by atoms with Gasteiger partial charge in [-0.2, -0.15) is 4.31 Å². The van der Waals surface area contributed by atoms with Gasteiger partial charge < -0.3 is 15.4 Å². The first kappa shape index (κ1) is 24.9. The van der Waals surface area contributed by atoms with Crippen LogP contribution in [0.4, 0.5) is 0 Å². The molecule has 1 fully saturated rings. The van der Waals surface area contributed by atoms with E-state index in [0.29, 0.717) is 36.3 Å². The van der Waals surface area contributed by atoms with Crippen LogP contribution in [0.3, 0.4) is 0 Å². The van der Waals surface area contributed by atoms with E-state index in [4.69, 9.17) is 4.74 Å². The summed E-state index contributed by atoms with van der Waals surface area (Å²) in [7, 11) is -0.0114. The molecule has 0 aliphatic carbocycles. The third kappa shape index (κ3) is 6.56. The number of methoxy groups -OCH3 is 1. The van der Waals surface area contributed by atoms with Gasteiger partial charge in [-0.25, -0.2) is 8.42 Å². The van der Waals surface area contributed by atoms with Crippen LogP contribution in [0.5, 0.6) is 5.75 Å². The highest BCUT2D eigenvalue weighted by molar-refractivity contribution is 14.0. The Labute approximate surface area is 200 Å². The Kier molecular flexibility index (Phi) is 9.85. The van der Waals surface area contributed by atoms with Crippen molar-refractivity contribution in [3.8, 4) is 5.75 Å². The van der Waals surface area contributed by atoms with Crippen molar-refractivity contribution < 1.29 is 13.2 Å². The van der Waals surface area contributed by atoms with E-state index in [9.17, 15) is 8.42 Å². The fourth-order valence-electron chi connectivity index (χ4n) is 3.15. The molecule has 0 spiro atoms. The monoisotopic (exact) mass is 564 g/mol. The minimum Gasteiger partial charge on any atom is -0.497 e. The van der Waals surface area contributed by atoms with Crippen molar-refractivity contribution in [2.24, 2.45) is 4.99 Å². The smallest absolute Gasteiger partial charge is 0.252 e. The number of nitrogens with zero attached hydrogens (tertiary/aromatic N) is 2. The number of ether oxygens (including phenoxy) is 1. The molecule has 2 aromatic rings. The van der Waals surface area contributed by atoms with E-state index in [-0.39, 0.29) is 24.0 Å². The van der Waals surface area contributed by atoms with Gasteiger partial charge in [0.2, 0.25) is 0 Å². The number of guanidine groups is 1. The summed E-state index contributed by atoms with van der Waals surface area (Å²) in [5.41, 5.74) is 1.11. The predicted molar refractivity (Wildman–Crippen MR) is 132 cm³/mol. The molecule has 0 bridgehead atoms. The van der Waals surface area contributed by atoms with E-state index in [1.807, 2.05) is 30.3 Å². The van der Waals surface area contributed by atoms with Gasteiger partial charge in [-0.05, 0) is 42.7 Å².